The van der Waals surface area contributed by atoms with Gasteiger partial charge in [-0.15, -0.1) is 0 Å². The van der Waals surface area contributed by atoms with Crippen LogP contribution >= 0.6 is 0 Å². The van der Waals surface area contributed by atoms with Crippen molar-refractivity contribution in [1.82, 2.24) is 10.6 Å². The highest BCUT2D eigenvalue weighted by Crippen LogP contribution is 2.40. The van der Waals surface area contributed by atoms with Gasteiger partial charge in [-0.1, -0.05) is 0 Å². The van der Waals surface area contributed by atoms with Crippen LogP contribution < -0.4 is 20.1 Å². The molecule has 1 amide bonds. The number of nitrogens with one attached hydrogen (secondary N) is 2. The monoisotopic (exact) mass is 262 g/mol. The zero-order chi connectivity index (χ0) is 13.4. The summed E-state index contributed by atoms with van der Waals surface area (Å²) in [5.41, 5.74) is 1.68. The molecule has 102 valence electrons. The molecule has 3 rings (SSSR count). The molecule has 2 atom stereocenters. The maximum atomic E-state index is 12.2. The quantitative estimate of drug-likeness (QED) is 0.825. The molecular weight excluding hydrogens is 244 g/mol. The van der Waals surface area contributed by atoms with Gasteiger partial charge in [-0.2, -0.15) is 0 Å². The Morgan fingerprint density at radius 3 is 2.74 bits per heavy atom. The van der Waals surface area contributed by atoms with E-state index in [9.17, 15) is 4.79 Å². The fourth-order valence-corrected chi connectivity index (χ4v) is 3.06. The van der Waals surface area contributed by atoms with Gasteiger partial charge in [0.2, 0.25) is 0 Å². The zero-order valence-electron chi connectivity index (χ0n) is 11.2. The molecule has 1 aromatic rings. The summed E-state index contributed by atoms with van der Waals surface area (Å²) in [5.74, 6) is 2.09. The van der Waals surface area contributed by atoms with Crippen molar-refractivity contribution in [3.63, 3.8) is 0 Å². The van der Waals surface area contributed by atoms with Crippen LogP contribution in [0.3, 0.4) is 0 Å². The highest BCUT2D eigenvalue weighted by molar-refractivity contribution is 5.97. The second kappa shape index (κ2) is 4.74. The van der Waals surface area contributed by atoms with E-state index in [4.69, 9.17) is 9.47 Å². The van der Waals surface area contributed by atoms with Crippen LogP contribution in [0.4, 0.5) is 0 Å². The van der Waals surface area contributed by atoms with E-state index in [1.54, 1.807) is 20.3 Å². The predicted molar refractivity (Wildman–Crippen MR) is 71.0 cm³/mol. The van der Waals surface area contributed by atoms with Gasteiger partial charge in [-0.05, 0) is 12.0 Å². The molecule has 2 aliphatic rings. The number of carbonyl (C=O) groups is 1. The Kier molecular flexibility index (Phi) is 3.06. The molecule has 0 bridgehead atoms. The van der Waals surface area contributed by atoms with Gasteiger partial charge in [-0.25, -0.2) is 0 Å². The van der Waals surface area contributed by atoms with E-state index < -0.39 is 0 Å². The van der Waals surface area contributed by atoms with E-state index in [1.165, 1.54) is 0 Å². The van der Waals surface area contributed by atoms with Gasteiger partial charge < -0.3 is 20.1 Å². The van der Waals surface area contributed by atoms with Gasteiger partial charge in [0.1, 0.15) is 11.5 Å². The second-order valence-corrected chi connectivity index (χ2v) is 5.03. The molecule has 0 aliphatic carbocycles. The highest BCUT2D eigenvalue weighted by atomic mass is 16.5. The summed E-state index contributed by atoms with van der Waals surface area (Å²) in [6.07, 6.45) is 0. The van der Waals surface area contributed by atoms with Crippen LogP contribution in [0.15, 0.2) is 12.1 Å². The van der Waals surface area contributed by atoms with Gasteiger partial charge in [0.25, 0.3) is 5.91 Å². The summed E-state index contributed by atoms with van der Waals surface area (Å²) in [6.45, 7) is 2.52. The lowest BCUT2D eigenvalue weighted by Gasteiger charge is -2.20. The van der Waals surface area contributed by atoms with Crippen LogP contribution in [0.1, 0.15) is 21.8 Å². The number of hydrogen-bond donors (Lipinski definition) is 2. The zero-order valence-corrected chi connectivity index (χ0v) is 11.2. The van der Waals surface area contributed by atoms with Crippen LogP contribution in [-0.2, 0) is 0 Å². The molecule has 2 heterocycles. The molecule has 0 spiro atoms. The van der Waals surface area contributed by atoms with E-state index in [-0.39, 0.29) is 5.91 Å². The Morgan fingerprint density at radius 2 is 2.00 bits per heavy atom. The van der Waals surface area contributed by atoms with Gasteiger partial charge in [0.15, 0.2) is 0 Å². The number of fused-ring (bicyclic) bond motifs is 3. The summed E-state index contributed by atoms with van der Waals surface area (Å²) in [5, 5.41) is 6.37. The van der Waals surface area contributed by atoms with Crippen molar-refractivity contribution in [2.75, 3.05) is 33.9 Å². The van der Waals surface area contributed by atoms with E-state index >= 15 is 0 Å². The Morgan fingerprint density at radius 1 is 1.16 bits per heavy atom. The van der Waals surface area contributed by atoms with Crippen LogP contribution in [0.25, 0.3) is 0 Å². The summed E-state index contributed by atoms with van der Waals surface area (Å²) in [7, 11) is 3.23. The van der Waals surface area contributed by atoms with Crippen LogP contribution in [-0.4, -0.2) is 39.8 Å². The molecule has 1 fully saturated rings. The predicted octanol–water partition coefficient (Wildman–Crippen LogP) is 0.750. The summed E-state index contributed by atoms with van der Waals surface area (Å²) in [6, 6.07) is 3.65. The van der Waals surface area contributed by atoms with Crippen molar-refractivity contribution in [3.05, 3.63) is 23.3 Å². The smallest absolute Gasteiger partial charge is 0.251 e. The Bertz CT molecular complexity index is 516. The third kappa shape index (κ3) is 1.94. The largest absolute Gasteiger partial charge is 0.497 e. The van der Waals surface area contributed by atoms with Crippen molar-refractivity contribution in [2.45, 2.75) is 5.92 Å². The number of rotatable bonds is 2. The number of benzene rings is 1. The van der Waals surface area contributed by atoms with Crippen LogP contribution in [0.5, 0.6) is 11.5 Å². The SMILES string of the molecule is COc1cc(OC)c2c(c1)C(=O)NC[C@H]1CNC[C@H]21. The van der Waals surface area contributed by atoms with Crippen molar-refractivity contribution in [2.24, 2.45) is 5.92 Å². The van der Waals surface area contributed by atoms with Gasteiger partial charge in [0.05, 0.1) is 19.8 Å². The highest BCUT2D eigenvalue weighted by Gasteiger charge is 2.36. The molecule has 0 radical (unpaired) electrons. The van der Waals surface area contributed by atoms with E-state index in [0.717, 1.165) is 24.4 Å². The Labute approximate surface area is 112 Å². The average molecular weight is 262 g/mol. The first-order valence-corrected chi connectivity index (χ1v) is 6.49. The summed E-state index contributed by atoms with van der Waals surface area (Å²) in [4.78, 5) is 12.2. The maximum Gasteiger partial charge on any atom is 0.251 e. The first-order valence-electron chi connectivity index (χ1n) is 6.49. The minimum atomic E-state index is -0.0402. The fraction of sp³-hybridized carbons (Fsp3) is 0.500. The second-order valence-electron chi connectivity index (χ2n) is 5.03. The number of hydrogen-bond acceptors (Lipinski definition) is 4. The molecule has 19 heavy (non-hydrogen) atoms. The lowest BCUT2D eigenvalue weighted by Crippen LogP contribution is -2.28. The normalized spacial score (nSPS) is 25.1. The lowest BCUT2D eigenvalue weighted by atomic mass is 9.86. The minimum Gasteiger partial charge on any atom is -0.497 e. The molecule has 2 aliphatic heterocycles. The molecule has 5 nitrogen and oxygen atoms in total. The van der Waals surface area contributed by atoms with Crippen molar-refractivity contribution < 1.29 is 14.3 Å². The molecule has 1 saturated heterocycles. The number of amides is 1. The summed E-state index contributed by atoms with van der Waals surface area (Å²) < 4.78 is 10.7. The third-order valence-electron chi connectivity index (χ3n) is 4.05. The first-order chi connectivity index (χ1) is 9.24. The van der Waals surface area contributed by atoms with E-state index in [2.05, 4.69) is 10.6 Å². The van der Waals surface area contributed by atoms with E-state index in [0.29, 0.717) is 29.7 Å². The molecule has 5 heteroatoms. The molecular formula is C14H18N2O3. The Hall–Kier alpha value is -1.75. The molecule has 0 saturated carbocycles. The number of methoxy groups -OCH3 is 2. The fourth-order valence-electron chi connectivity index (χ4n) is 3.06. The standard InChI is InChI=1S/C14H18N2O3/c1-18-9-3-10-13(12(4-9)19-2)11-7-15-5-8(11)6-16-14(10)17/h3-4,8,11,15H,5-7H2,1-2H3,(H,16,17)/t8-,11+/m1/s1. The van der Waals surface area contributed by atoms with E-state index in [1.807, 2.05) is 6.07 Å². The third-order valence-corrected chi connectivity index (χ3v) is 4.05. The minimum absolute atomic E-state index is 0.0402. The topological polar surface area (TPSA) is 59.6 Å². The van der Waals surface area contributed by atoms with Crippen molar-refractivity contribution in [3.8, 4) is 11.5 Å². The molecule has 2 N–H and O–H groups in total. The number of carbonyl (C=O) groups excluding carboxylic acids is 1. The average Bonchev–Trinajstić information content (AvgIpc) is 2.86. The van der Waals surface area contributed by atoms with Crippen molar-refractivity contribution >= 4 is 5.91 Å². The number of ether oxygens (including phenoxy) is 2. The van der Waals surface area contributed by atoms with Gasteiger partial charge in [0, 0.05) is 37.2 Å². The van der Waals surface area contributed by atoms with Crippen LogP contribution in [0, 0.1) is 5.92 Å². The lowest BCUT2D eigenvalue weighted by molar-refractivity contribution is 0.0951. The van der Waals surface area contributed by atoms with Crippen LogP contribution in [0.2, 0.25) is 0 Å². The summed E-state index contributed by atoms with van der Waals surface area (Å²) >= 11 is 0. The van der Waals surface area contributed by atoms with Crippen molar-refractivity contribution in [1.29, 1.82) is 0 Å². The molecule has 0 aromatic heterocycles. The molecule has 1 aromatic carbocycles. The maximum absolute atomic E-state index is 12.2. The molecule has 0 unspecified atom stereocenters. The van der Waals surface area contributed by atoms with Gasteiger partial charge in [-0.3, -0.25) is 4.79 Å². The Balaban J connectivity index is 2.18. The van der Waals surface area contributed by atoms with Gasteiger partial charge >= 0.3 is 0 Å². The first kappa shape index (κ1) is 12.3.